The molecule has 0 radical (unpaired) electrons. The van der Waals surface area contributed by atoms with E-state index >= 15 is 0 Å². The number of benzene rings is 1. The Kier molecular flexibility index (Phi) is 3.62. The van der Waals surface area contributed by atoms with Crippen LogP contribution in [0.15, 0.2) is 18.5 Å². The molecule has 1 aromatic heterocycles. The molecule has 1 heterocycles. The van der Waals surface area contributed by atoms with E-state index in [4.69, 9.17) is 0 Å². The minimum atomic E-state index is 0.380. The van der Waals surface area contributed by atoms with Crippen molar-refractivity contribution in [3.63, 3.8) is 0 Å². The molecule has 5 nitrogen and oxygen atoms in total. The first-order valence-corrected chi connectivity index (χ1v) is 5.90. The summed E-state index contributed by atoms with van der Waals surface area (Å²) in [6, 6.07) is 3.97. The second kappa shape index (κ2) is 5.18. The predicted molar refractivity (Wildman–Crippen MR) is 69.1 cm³/mol. The van der Waals surface area contributed by atoms with Crippen LogP contribution in [-0.2, 0) is 20.1 Å². The number of hydrogen-bond donors (Lipinski definition) is 2. The number of aryl methyl sites for hydroxylation is 3. The van der Waals surface area contributed by atoms with E-state index < -0.39 is 0 Å². The van der Waals surface area contributed by atoms with Crippen LogP contribution < -0.4 is 5.32 Å². The summed E-state index contributed by atoms with van der Waals surface area (Å²) >= 11 is 0. The van der Waals surface area contributed by atoms with Gasteiger partial charge >= 0.3 is 0 Å². The molecule has 96 valence electrons. The summed E-state index contributed by atoms with van der Waals surface area (Å²) in [5.74, 6) is 1.16. The van der Waals surface area contributed by atoms with Gasteiger partial charge in [-0.3, -0.25) is 4.68 Å². The van der Waals surface area contributed by atoms with Crippen LogP contribution in [0.25, 0.3) is 0 Å². The molecule has 0 saturated carbocycles. The lowest BCUT2D eigenvalue weighted by atomic mass is 10.1. The average molecular weight is 246 g/mol. The van der Waals surface area contributed by atoms with E-state index in [0.29, 0.717) is 12.3 Å². The van der Waals surface area contributed by atoms with Gasteiger partial charge in [0.25, 0.3) is 0 Å². The first-order chi connectivity index (χ1) is 8.56. The summed E-state index contributed by atoms with van der Waals surface area (Å²) in [5, 5.41) is 17.2. The summed E-state index contributed by atoms with van der Waals surface area (Å²) < 4.78 is 1.69. The number of nitrogens with one attached hydrogen (secondary N) is 1. The van der Waals surface area contributed by atoms with Crippen LogP contribution in [-0.4, -0.2) is 19.9 Å². The number of nitrogens with zero attached hydrogens (tertiary/aromatic N) is 3. The quantitative estimate of drug-likeness (QED) is 0.856. The number of phenols is 1. The molecule has 0 amide bonds. The molecule has 0 bridgehead atoms. The van der Waals surface area contributed by atoms with Crippen molar-refractivity contribution in [1.82, 2.24) is 20.1 Å². The Morgan fingerprint density at radius 3 is 2.44 bits per heavy atom. The van der Waals surface area contributed by atoms with Crippen LogP contribution >= 0.6 is 0 Å². The van der Waals surface area contributed by atoms with Crippen LogP contribution in [0.2, 0.25) is 0 Å². The van der Waals surface area contributed by atoms with E-state index in [0.717, 1.165) is 29.1 Å². The molecular formula is C13H18N4O. The first-order valence-electron chi connectivity index (χ1n) is 5.90. The monoisotopic (exact) mass is 246 g/mol. The van der Waals surface area contributed by atoms with Gasteiger partial charge in [0.2, 0.25) is 0 Å². The Hall–Kier alpha value is -1.88. The van der Waals surface area contributed by atoms with Crippen LogP contribution in [0.5, 0.6) is 5.75 Å². The zero-order chi connectivity index (χ0) is 13.1. The summed E-state index contributed by atoms with van der Waals surface area (Å²) in [5.41, 5.74) is 2.96. The highest BCUT2D eigenvalue weighted by molar-refractivity contribution is 5.42. The zero-order valence-corrected chi connectivity index (χ0v) is 10.9. The van der Waals surface area contributed by atoms with Crippen molar-refractivity contribution < 1.29 is 5.11 Å². The fraction of sp³-hybridized carbons (Fsp3) is 0.385. The fourth-order valence-electron chi connectivity index (χ4n) is 1.93. The minimum absolute atomic E-state index is 0.380. The van der Waals surface area contributed by atoms with Crippen molar-refractivity contribution in [3.8, 4) is 5.75 Å². The summed E-state index contributed by atoms with van der Waals surface area (Å²) in [6.45, 7) is 5.19. The Morgan fingerprint density at radius 1 is 1.22 bits per heavy atom. The minimum Gasteiger partial charge on any atom is -0.507 e. The SMILES string of the molecule is Cc1cc(CNCc2ncn(C)n2)cc(C)c1O. The highest BCUT2D eigenvalue weighted by atomic mass is 16.3. The van der Waals surface area contributed by atoms with E-state index in [1.165, 1.54) is 0 Å². The van der Waals surface area contributed by atoms with Gasteiger partial charge in [0.1, 0.15) is 12.1 Å². The fourth-order valence-corrected chi connectivity index (χ4v) is 1.93. The molecule has 5 heteroatoms. The highest BCUT2D eigenvalue weighted by Crippen LogP contribution is 2.22. The van der Waals surface area contributed by atoms with E-state index in [1.807, 2.05) is 33.0 Å². The number of phenolic OH excluding ortho intramolecular Hbond substituents is 1. The molecule has 0 saturated heterocycles. The van der Waals surface area contributed by atoms with Gasteiger partial charge in [0.15, 0.2) is 5.82 Å². The molecule has 2 rings (SSSR count). The molecule has 1 aromatic carbocycles. The van der Waals surface area contributed by atoms with Crippen molar-refractivity contribution in [2.75, 3.05) is 0 Å². The van der Waals surface area contributed by atoms with E-state index in [2.05, 4.69) is 15.4 Å². The van der Waals surface area contributed by atoms with E-state index in [9.17, 15) is 5.11 Å². The Labute approximate surface area is 106 Å². The molecule has 2 aromatic rings. The third kappa shape index (κ3) is 2.87. The van der Waals surface area contributed by atoms with Gasteiger partial charge in [-0.1, -0.05) is 12.1 Å². The first kappa shape index (κ1) is 12.6. The standard InChI is InChI=1S/C13H18N4O/c1-9-4-11(5-10(2)13(9)18)6-14-7-12-15-8-17(3)16-12/h4-5,8,14,18H,6-7H2,1-3H3. The normalized spacial score (nSPS) is 10.8. The third-order valence-electron chi connectivity index (χ3n) is 2.81. The van der Waals surface area contributed by atoms with Gasteiger partial charge in [0.05, 0.1) is 6.54 Å². The Morgan fingerprint density at radius 2 is 1.89 bits per heavy atom. The maximum atomic E-state index is 9.69. The molecule has 0 aliphatic carbocycles. The molecule has 0 atom stereocenters. The number of rotatable bonds is 4. The summed E-state index contributed by atoms with van der Waals surface area (Å²) in [7, 11) is 1.85. The molecule has 0 aliphatic rings. The van der Waals surface area contributed by atoms with Gasteiger partial charge < -0.3 is 10.4 Å². The van der Waals surface area contributed by atoms with E-state index in [-0.39, 0.29) is 0 Å². The third-order valence-corrected chi connectivity index (χ3v) is 2.81. The van der Waals surface area contributed by atoms with Crippen molar-refractivity contribution in [2.24, 2.45) is 7.05 Å². The lowest BCUT2D eigenvalue weighted by Crippen LogP contribution is -2.14. The topological polar surface area (TPSA) is 63.0 Å². The number of hydrogen-bond acceptors (Lipinski definition) is 4. The molecule has 0 spiro atoms. The molecule has 0 aliphatic heterocycles. The molecule has 18 heavy (non-hydrogen) atoms. The Balaban J connectivity index is 1.94. The lowest BCUT2D eigenvalue weighted by Gasteiger charge is -2.08. The van der Waals surface area contributed by atoms with Gasteiger partial charge in [-0.25, -0.2) is 4.98 Å². The van der Waals surface area contributed by atoms with Crippen LogP contribution in [0.1, 0.15) is 22.5 Å². The average Bonchev–Trinajstić information content (AvgIpc) is 2.72. The summed E-state index contributed by atoms with van der Waals surface area (Å²) in [6.07, 6.45) is 1.69. The Bertz CT molecular complexity index is 525. The molecular weight excluding hydrogens is 228 g/mol. The molecule has 0 fully saturated rings. The predicted octanol–water partition coefficient (Wildman–Crippen LogP) is 1.43. The van der Waals surface area contributed by atoms with Crippen LogP contribution in [0.3, 0.4) is 0 Å². The second-order valence-corrected chi connectivity index (χ2v) is 4.52. The van der Waals surface area contributed by atoms with Crippen LogP contribution in [0.4, 0.5) is 0 Å². The maximum Gasteiger partial charge on any atom is 0.164 e. The van der Waals surface area contributed by atoms with Crippen LogP contribution in [0, 0.1) is 13.8 Å². The van der Waals surface area contributed by atoms with Crippen molar-refractivity contribution in [3.05, 3.63) is 41.0 Å². The largest absolute Gasteiger partial charge is 0.507 e. The van der Waals surface area contributed by atoms with Crippen molar-refractivity contribution in [1.29, 1.82) is 0 Å². The molecule has 0 unspecified atom stereocenters. The highest BCUT2D eigenvalue weighted by Gasteiger charge is 2.04. The second-order valence-electron chi connectivity index (χ2n) is 4.52. The lowest BCUT2D eigenvalue weighted by molar-refractivity contribution is 0.466. The zero-order valence-electron chi connectivity index (χ0n) is 10.9. The van der Waals surface area contributed by atoms with Gasteiger partial charge in [-0.05, 0) is 30.5 Å². The van der Waals surface area contributed by atoms with Crippen molar-refractivity contribution in [2.45, 2.75) is 26.9 Å². The van der Waals surface area contributed by atoms with Gasteiger partial charge in [-0.15, -0.1) is 0 Å². The van der Waals surface area contributed by atoms with E-state index in [1.54, 1.807) is 11.0 Å². The molecule has 2 N–H and O–H groups in total. The van der Waals surface area contributed by atoms with Gasteiger partial charge in [-0.2, -0.15) is 5.10 Å². The summed E-state index contributed by atoms with van der Waals surface area (Å²) in [4.78, 5) is 4.15. The van der Waals surface area contributed by atoms with Gasteiger partial charge in [0, 0.05) is 13.6 Å². The smallest absolute Gasteiger partial charge is 0.164 e. The number of aromatic nitrogens is 3. The van der Waals surface area contributed by atoms with Crippen molar-refractivity contribution >= 4 is 0 Å². The number of aromatic hydroxyl groups is 1. The maximum absolute atomic E-state index is 9.69.